The summed E-state index contributed by atoms with van der Waals surface area (Å²) in [4.78, 5) is 16.6. The lowest BCUT2D eigenvalue weighted by Crippen LogP contribution is -2.44. The highest BCUT2D eigenvalue weighted by atomic mass is 19.4. The maximum atomic E-state index is 14.0. The van der Waals surface area contributed by atoms with Crippen LogP contribution in [0.5, 0.6) is 0 Å². The Kier molecular flexibility index (Phi) is 9.45. The molecule has 256 valence electrons. The lowest BCUT2D eigenvalue weighted by atomic mass is 9.68. The Labute approximate surface area is 273 Å². The summed E-state index contributed by atoms with van der Waals surface area (Å²) in [5.41, 5.74) is -0.814. The summed E-state index contributed by atoms with van der Waals surface area (Å²) in [6, 6.07) is 16.8. The Hall–Kier alpha value is -3.74. The van der Waals surface area contributed by atoms with Gasteiger partial charge in [0.15, 0.2) is 5.78 Å². The third-order valence-corrected chi connectivity index (χ3v) is 9.70. The van der Waals surface area contributed by atoms with Crippen molar-refractivity contribution >= 4 is 5.78 Å². The maximum Gasteiger partial charge on any atom is 0.416 e. The average Bonchev–Trinajstić information content (AvgIpc) is 3.37. The third-order valence-electron chi connectivity index (χ3n) is 9.70. The van der Waals surface area contributed by atoms with E-state index >= 15 is 0 Å². The monoisotopic (exact) mass is 676 g/mol. The molecule has 1 saturated heterocycles. The molecule has 6 atom stereocenters. The van der Waals surface area contributed by atoms with Crippen LogP contribution in [0.2, 0.25) is 0 Å². The number of likely N-dealkylation sites (tertiary alicyclic amines) is 1. The van der Waals surface area contributed by atoms with E-state index in [0.29, 0.717) is 55.9 Å². The maximum absolute atomic E-state index is 14.0. The zero-order valence-electron chi connectivity index (χ0n) is 26.0. The summed E-state index contributed by atoms with van der Waals surface area (Å²) in [7, 11) is 0. The molecule has 5 nitrogen and oxygen atoms in total. The fourth-order valence-electron chi connectivity index (χ4n) is 7.53. The van der Waals surface area contributed by atoms with Crippen molar-refractivity contribution in [2.75, 3.05) is 19.6 Å². The van der Waals surface area contributed by atoms with Gasteiger partial charge in [-0.3, -0.25) is 9.69 Å². The summed E-state index contributed by atoms with van der Waals surface area (Å²) < 4.78 is 102. The van der Waals surface area contributed by atoms with Crippen LogP contribution in [0.15, 0.2) is 84.6 Å². The molecule has 2 aliphatic heterocycles. The van der Waals surface area contributed by atoms with E-state index in [2.05, 4.69) is 0 Å². The van der Waals surface area contributed by atoms with Crippen molar-refractivity contribution in [1.29, 1.82) is 0 Å². The van der Waals surface area contributed by atoms with Crippen LogP contribution >= 0.6 is 0 Å². The van der Waals surface area contributed by atoms with Crippen molar-refractivity contribution in [2.45, 2.75) is 63.0 Å². The minimum atomic E-state index is -5.01. The van der Waals surface area contributed by atoms with Gasteiger partial charge >= 0.3 is 12.4 Å². The molecule has 0 radical (unpaired) electrons. The second-order valence-corrected chi connectivity index (χ2v) is 12.9. The van der Waals surface area contributed by atoms with Crippen LogP contribution in [0, 0.1) is 17.7 Å². The predicted octanol–water partition coefficient (Wildman–Crippen LogP) is 7.72. The first kappa shape index (κ1) is 34.1. The van der Waals surface area contributed by atoms with Gasteiger partial charge in [0, 0.05) is 43.2 Å². The van der Waals surface area contributed by atoms with Crippen molar-refractivity contribution in [1.82, 2.24) is 9.80 Å². The number of ether oxygens (including phenoxy) is 1. The number of rotatable bonds is 7. The molecule has 48 heavy (non-hydrogen) atoms. The largest absolute Gasteiger partial charge is 0.416 e. The van der Waals surface area contributed by atoms with Crippen LogP contribution in [-0.4, -0.2) is 52.7 Å². The molecule has 0 aromatic heterocycles. The number of benzene rings is 3. The van der Waals surface area contributed by atoms with E-state index in [9.17, 15) is 40.6 Å². The molecule has 1 N–H and O–H groups in total. The van der Waals surface area contributed by atoms with E-state index < -0.39 is 59.6 Å². The Morgan fingerprint density at radius 2 is 1.54 bits per heavy atom. The molecule has 2 fully saturated rings. The Morgan fingerprint density at radius 3 is 2.17 bits per heavy atom. The number of fused-ring (bicyclic) bond motifs is 1. The molecule has 1 saturated carbocycles. The highest BCUT2D eigenvalue weighted by Gasteiger charge is 2.52. The molecule has 0 spiro atoms. The quantitative estimate of drug-likeness (QED) is 0.260. The molecule has 12 heteroatoms. The zero-order chi connectivity index (χ0) is 34.4. The summed E-state index contributed by atoms with van der Waals surface area (Å²) in [5, 5.41) is 11.9. The number of ketones is 1. The molecule has 0 amide bonds. The number of nitrogens with zero attached hydrogens (tertiary/aromatic N) is 2. The van der Waals surface area contributed by atoms with E-state index in [1.165, 1.54) is 19.1 Å². The van der Waals surface area contributed by atoms with Crippen LogP contribution in [0.4, 0.5) is 30.7 Å². The average molecular weight is 677 g/mol. The van der Waals surface area contributed by atoms with Crippen LogP contribution in [0.25, 0.3) is 0 Å². The molecule has 2 heterocycles. The first-order chi connectivity index (χ1) is 22.7. The van der Waals surface area contributed by atoms with Gasteiger partial charge in [-0.1, -0.05) is 42.5 Å². The number of carbonyl (C=O) groups is 1. The molecule has 1 unspecified atom stereocenters. The lowest BCUT2D eigenvalue weighted by molar-refractivity contribution is -0.143. The Bertz CT molecular complexity index is 1610. The smallest absolute Gasteiger partial charge is 0.373 e. The SMILES string of the molecule is C[C@@H](O[C@H]1CC[C@@H]2CN(C3=CC(=O)CN(Cc4ccccc4)C3)C(O)[C@H]2[C@@H]1c1ccc(F)cc1)c1cc(C(F)(F)F)cc(C(F)(F)F)c1. The second kappa shape index (κ2) is 13.3. The third kappa shape index (κ3) is 7.30. The van der Waals surface area contributed by atoms with E-state index in [1.54, 1.807) is 18.2 Å². The lowest BCUT2D eigenvalue weighted by Gasteiger charge is -2.42. The van der Waals surface area contributed by atoms with Crippen LogP contribution in [-0.2, 0) is 28.4 Å². The highest BCUT2D eigenvalue weighted by Crippen LogP contribution is 2.51. The first-order valence-corrected chi connectivity index (χ1v) is 15.8. The van der Waals surface area contributed by atoms with E-state index in [4.69, 9.17) is 4.74 Å². The van der Waals surface area contributed by atoms with Crippen LogP contribution in [0.3, 0.4) is 0 Å². The highest BCUT2D eigenvalue weighted by molar-refractivity contribution is 5.92. The van der Waals surface area contributed by atoms with Gasteiger partial charge in [-0.25, -0.2) is 4.39 Å². The van der Waals surface area contributed by atoms with Crippen molar-refractivity contribution in [3.8, 4) is 0 Å². The summed E-state index contributed by atoms with van der Waals surface area (Å²) in [6.45, 7) is 3.03. The van der Waals surface area contributed by atoms with E-state index in [-0.39, 0.29) is 29.9 Å². The molecular weight excluding hydrogens is 641 g/mol. The first-order valence-electron chi connectivity index (χ1n) is 15.8. The molecule has 3 aromatic carbocycles. The van der Waals surface area contributed by atoms with Crippen LogP contribution in [0.1, 0.15) is 59.6 Å². The predicted molar refractivity (Wildman–Crippen MR) is 163 cm³/mol. The standard InChI is InChI=1S/C36H35F7N2O3/c1-21(25-13-26(35(38,39)40)15-27(14-25)36(41,42)43)48-31-12-9-24-18-45(34(47)33(24)32(31)23-7-10-28(37)11-8-23)29-16-30(46)20-44(19-29)17-22-5-3-2-4-6-22/h2-8,10-11,13-16,21,24,31-34,47H,9,12,17-20H2,1H3/t21-,24-,31+,32-,33-,34?/m1/s1. The number of hydrogen-bond donors (Lipinski definition) is 1. The molecular formula is C36H35F7N2O3. The van der Waals surface area contributed by atoms with Gasteiger partial charge in [-0.2, -0.15) is 26.3 Å². The Balaban J connectivity index is 1.28. The molecule has 3 aliphatic rings. The van der Waals surface area contributed by atoms with E-state index in [0.717, 1.165) is 5.56 Å². The molecule has 1 aliphatic carbocycles. The summed E-state index contributed by atoms with van der Waals surface area (Å²) in [5.74, 6) is -1.71. The van der Waals surface area contributed by atoms with E-state index in [1.807, 2.05) is 40.1 Å². The van der Waals surface area contributed by atoms with Gasteiger partial charge < -0.3 is 14.7 Å². The van der Waals surface area contributed by atoms with Crippen molar-refractivity contribution in [3.05, 3.63) is 118 Å². The minimum absolute atomic E-state index is 0.0731. The number of aliphatic hydroxyl groups is 1. The van der Waals surface area contributed by atoms with Gasteiger partial charge in [-0.05, 0) is 72.7 Å². The molecule has 3 aromatic rings. The second-order valence-electron chi connectivity index (χ2n) is 12.9. The molecule has 0 bridgehead atoms. The number of hydrogen-bond acceptors (Lipinski definition) is 5. The zero-order valence-corrected chi connectivity index (χ0v) is 26.0. The molecule has 6 rings (SSSR count). The minimum Gasteiger partial charge on any atom is -0.373 e. The fraction of sp³-hybridized carbons (Fsp3) is 0.417. The van der Waals surface area contributed by atoms with Crippen molar-refractivity contribution in [3.63, 3.8) is 0 Å². The topological polar surface area (TPSA) is 53.0 Å². The van der Waals surface area contributed by atoms with Gasteiger partial charge in [0.2, 0.25) is 0 Å². The number of carbonyl (C=O) groups excluding carboxylic acids is 1. The Morgan fingerprint density at radius 1 is 0.896 bits per heavy atom. The summed E-state index contributed by atoms with van der Waals surface area (Å²) in [6.07, 6.45) is -10.5. The fourth-order valence-corrected chi connectivity index (χ4v) is 7.53. The van der Waals surface area contributed by atoms with Crippen molar-refractivity contribution < 1.29 is 45.4 Å². The van der Waals surface area contributed by atoms with Gasteiger partial charge in [0.05, 0.1) is 29.9 Å². The number of aliphatic hydroxyl groups excluding tert-OH is 1. The van der Waals surface area contributed by atoms with Gasteiger partial charge in [0.1, 0.15) is 12.0 Å². The number of alkyl halides is 6. The van der Waals surface area contributed by atoms with Crippen LogP contribution < -0.4 is 0 Å². The summed E-state index contributed by atoms with van der Waals surface area (Å²) >= 11 is 0. The normalized spacial score (nSPS) is 25.9. The van der Waals surface area contributed by atoms with Gasteiger partial charge in [-0.15, -0.1) is 0 Å². The van der Waals surface area contributed by atoms with Gasteiger partial charge in [0.25, 0.3) is 0 Å². The van der Waals surface area contributed by atoms with Crippen molar-refractivity contribution in [2.24, 2.45) is 11.8 Å². The number of halogens is 7.